The summed E-state index contributed by atoms with van der Waals surface area (Å²) in [6.07, 6.45) is 1.11. The summed E-state index contributed by atoms with van der Waals surface area (Å²) in [6.45, 7) is 1.25. The van der Waals surface area contributed by atoms with Gasteiger partial charge in [0.05, 0.1) is 0 Å². The number of thiophene rings is 1. The van der Waals surface area contributed by atoms with Gasteiger partial charge in [-0.05, 0) is 29.5 Å². The summed E-state index contributed by atoms with van der Waals surface area (Å²) in [5.41, 5.74) is 2.09. The summed E-state index contributed by atoms with van der Waals surface area (Å²) in [6, 6.07) is 8.96. The van der Waals surface area contributed by atoms with Crippen LogP contribution in [0.25, 0.3) is 0 Å². The van der Waals surface area contributed by atoms with E-state index < -0.39 is 6.61 Å². The number of para-hydroxylation sites is 1. The average molecular weight is 522 g/mol. The van der Waals surface area contributed by atoms with Gasteiger partial charge in [0.25, 0.3) is 0 Å². The van der Waals surface area contributed by atoms with Crippen LogP contribution in [0, 0.1) is 0 Å². The molecule has 2 N–H and O–H groups in total. The fourth-order valence-corrected chi connectivity index (χ4v) is 3.98. The molecule has 0 aliphatic carbocycles. The zero-order valence-electron chi connectivity index (χ0n) is 15.7. The maximum Gasteiger partial charge on any atom is 0.387 e. The van der Waals surface area contributed by atoms with Crippen LogP contribution in [0.2, 0.25) is 0 Å². The highest BCUT2D eigenvalue weighted by Gasteiger charge is 2.16. The number of ether oxygens (including phenoxy) is 1. The molecule has 0 saturated carbocycles. The maximum atomic E-state index is 12.5. The van der Waals surface area contributed by atoms with E-state index in [4.69, 9.17) is 0 Å². The minimum Gasteiger partial charge on any atom is -0.434 e. The molecule has 0 atom stereocenters. The highest BCUT2D eigenvalue weighted by atomic mass is 127. The molecule has 2 heterocycles. The molecule has 3 rings (SSSR count). The van der Waals surface area contributed by atoms with E-state index in [1.54, 1.807) is 25.2 Å². The summed E-state index contributed by atoms with van der Waals surface area (Å²) < 4.78 is 29.6. The lowest BCUT2D eigenvalue weighted by atomic mass is 10.1. The Balaban J connectivity index is 0.00000280. The van der Waals surface area contributed by atoms with E-state index in [0.717, 1.165) is 32.6 Å². The SMILES string of the molecule is CN=C(NCCN1CCc2sccc2C1)NCc1ccccc1OC(F)F.I. The second-order valence-corrected chi connectivity index (χ2v) is 7.23. The van der Waals surface area contributed by atoms with Crippen molar-refractivity contribution < 1.29 is 13.5 Å². The molecule has 9 heteroatoms. The smallest absolute Gasteiger partial charge is 0.387 e. The van der Waals surface area contributed by atoms with Gasteiger partial charge in [0.2, 0.25) is 0 Å². The number of aliphatic imine (C=N–C) groups is 1. The first-order valence-corrected chi connectivity index (χ1v) is 9.78. The summed E-state index contributed by atoms with van der Waals surface area (Å²) >= 11 is 1.84. The zero-order valence-corrected chi connectivity index (χ0v) is 18.8. The lowest BCUT2D eigenvalue weighted by Gasteiger charge is -2.27. The molecular formula is C19H25F2IN4OS. The van der Waals surface area contributed by atoms with Crippen molar-refractivity contribution in [2.24, 2.45) is 4.99 Å². The molecule has 0 radical (unpaired) electrons. The van der Waals surface area contributed by atoms with Gasteiger partial charge in [0.15, 0.2) is 5.96 Å². The van der Waals surface area contributed by atoms with Gasteiger partial charge in [-0.2, -0.15) is 8.78 Å². The quantitative estimate of drug-likeness (QED) is 0.331. The Labute approximate surface area is 185 Å². The highest BCUT2D eigenvalue weighted by molar-refractivity contribution is 14.0. The monoisotopic (exact) mass is 522 g/mol. The van der Waals surface area contributed by atoms with Crippen molar-refractivity contribution in [3.63, 3.8) is 0 Å². The number of fused-ring (bicyclic) bond motifs is 1. The van der Waals surface area contributed by atoms with Gasteiger partial charge in [-0.3, -0.25) is 9.89 Å². The van der Waals surface area contributed by atoms with Crippen molar-refractivity contribution >= 4 is 41.3 Å². The van der Waals surface area contributed by atoms with E-state index in [0.29, 0.717) is 18.1 Å². The largest absolute Gasteiger partial charge is 0.434 e. The fourth-order valence-electron chi connectivity index (χ4n) is 3.09. The van der Waals surface area contributed by atoms with Crippen LogP contribution in [0.5, 0.6) is 5.75 Å². The van der Waals surface area contributed by atoms with Crippen LogP contribution in [-0.2, 0) is 19.5 Å². The summed E-state index contributed by atoms with van der Waals surface area (Å²) in [5, 5.41) is 8.58. The zero-order chi connectivity index (χ0) is 19.1. The maximum absolute atomic E-state index is 12.5. The molecule has 1 aliphatic rings. The number of hydrogen-bond donors (Lipinski definition) is 2. The van der Waals surface area contributed by atoms with Crippen molar-refractivity contribution in [3.05, 3.63) is 51.7 Å². The second-order valence-electron chi connectivity index (χ2n) is 6.23. The summed E-state index contributed by atoms with van der Waals surface area (Å²) in [4.78, 5) is 8.11. The number of nitrogens with zero attached hydrogens (tertiary/aromatic N) is 2. The van der Waals surface area contributed by atoms with Gasteiger partial charge in [-0.1, -0.05) is 18.2 Å². The van der Waals surface area contributed by atoms with Crippen LogP contribution in [0.4, 0.5) is 8.78 Å². The Bertz CT molecular complexity index is 772. The third-order valence-electron chi connectivity index (χ3n) is 4.47. The van der Waals surface area contributed by atoms with E-state index in [2.05, 4.69) is 36.7 Å². The Kier molecular flexibility index (Phi) is 9.39. The molecule has 154 valence electrons. The van der Waals surface area contributed by atoms with E-state index in [1.807, 2.05) is 11.3 Å². The first kappa shape index (κ1) is 22.8. The summed E-state index contributed by atoms with van der Waals surface area (Å²) in [5.74, 6) is 0.811. The molecule has 1 aliphatic heterocycles. The van der Waals surface area contributed by atoms with E-state index in [-0.39, 0.29) is 29.7 Å². The van der Waals surface area contributed by atoms with Crippen LogP contribution in [0.1, 0.15) is 16.0 Å². The second kappa shape index (κ2) is 11.5. The van der Waals surface area contributed by atoms with Gasteiger partial charge >= 0.3 is 6.61 Å². The van der Waals surface area contributed by atoms with Crippen LogP contribution >= 0.6 is 35.3 Å². The molecule has 0 bridgehead atoms. The van der Waals surface area contributed by atoms with Gasteiger partial charge in [-0.15, -0.1) is 35.3 Å². The number of halogens is 3. The topological polar surface area (TPSA) is 48.9 Å². The lowest BCUT2D eigenvalue weighted by molar-refractivity contribution is -0.0504. The molecule has 2 aromatic rings. The number of hydrogen-bond acceptors (Lipinski definition) is 4. The van der Waals surface area contributed by atoms with Crippen LogP contribution < -0.4 is 15.4 Å². The molecule has 0 unspecified atom stereocenters. The van der Waals surface area contributed by atoms with Crippen LogP contribution in [0.3, 0.4) is 0 Å². The van der Waals surface area contributed by atoms with Crippen LogP contribution in [-0.4, -0.2) is 44.2 Å². The van der Waals surface area contributed by atoms with Crippen molar-refractivity contribution in [2.45, 2.75) is 26.1 Å². The number of rotatable bonds is 7. The van der Waals surface area contributed by atoms with Crippen molar-refractivity contribution in [1.29, 1.82) is 0 Å². The molecule has 1 aromatic heterocycles. The number of alkyl halides is 2. The molecule has 5 nitrogen and oxygen atoms in total. The third-order valence-corrected chi connectivity index (χ3v) is 5.49. The first-order valence-electron chi connectivity index (χ1n) is 8.90. The third kappa shape index (κ3) is 6.56. The number of benzene rings is 1. The normalized spacial score (nSPS) is 14.4. The fraction of sp³-hybridized carbons (Fsp3) is 0.421. The van der Waals surface area contributed by atoms with Crippen LogP contribution in [0.15, 0.2) is 40.7 Å². The van der Waals surface area contributed by atoms with Gasteiger partial charge in [-0.25, -0.2) is 0 Å². The minimum atomic E-state index is -2.84. The Morgan fingerprint density at radius 2 is 2.11 bits per heavy atom. The molecular weight excluding hydrogens is 497 g/mol. The molecule has 0 spiro atoms. The molecule has 28 heavy (non-hydrogen) atoms. The van der Waals surface area contributed by atoms with E-state index >= 15 is 0 Å². The summed E-state index contributed by atoms with van der Waals surface area (Å²) in [7, 11) is 1.69. The predicted octanol–water partition coefficient (Wildman–Crippen LogP) is 3.69. The standard InChI is InChI=1S/C19H24F2N4OS.HI/c1-22-19(24-12-14-4-2-3-5-16(14)26-18(20)21)23-8-10-25-9-6-17-15(13-25)7-11-27-17;/h2-5,7,11,18H,6,8-10,12-13H2,1H3,(H2,22,23,24);1H. The average Bonchev–Trinajstić information content (AvgIpc) is 3.13. The van der Waals surface area contributed by atoms with Crippen molar-refractivity contribution in [2.75, 3.05) is 26.7 Å². The van der Waals surface area contributed by atoms with Gasteiger partial charge in [0, 0.05) is 50.2 Å². The molecule has 0 fully saturated rings. The van der Waals surface area contributed by atoms with Crippen molar-refractivity contribution in [3.8, 4) is 5.75 Å². The highest BCUT2D eigenvalue weighted by Crippen LogP contribution is 2.23. The molecule has 0 saturated heterocycles. The molecule has 0 amide bonds. The lowest BCUT2D eigenvalue weighted by Crippen LogP contribution is -2.42. The number of guanidine groups is 1. The van der Waals surface area contributed by atoms with E-state index in [1.165, 1.54) is 16.5 Å². The Hall–Kier alpha value is -1.46. The molecule has 1 aromatic carbocycles. The first-order chi connectivity index (χ1) is 13.2. The number of nitrogens with one attached hydrogen (secondary N) is 2. The predicted molar refractivity (Wildman–Crippen MR) is 120 cm³/mol. The van der Waals surface area contributed by atoms with Crippen molar-refractivity contribution in [1.82, 2.24) is 15.5 Å². The van der Waals surface area contributed by atoms with Gasteiger partial charge in [0.1, 0.15) is 5.75 Å². The Morgan fingerprint density at radius 3 is 2.89 bits per heavy atom. The van der Waals surface area contributed by atoms with E-state index in [9.17, 15) is 8.78 Å². The van der Waals surface area contributed by atoms with Gasteiger partial charge < -0.3 is 15.4 Å². The minimum absolute atomic E-state index is 0. The Morgan fingerprint density at radius 1 is 1.29 bits per heavy atom.